The number of nitrogens with one attached hydrogen (secondary N) is 1. The lowest BCUT2D eigenvalue weighted by atomic mass is 10.3. The minimum atomic E-state index is -3.55. The van der Waals surface area contributed by atoms with Gasteiger partial charge in [0, 0.05) is 19.8 Å². The SMILES string of the molecule is CCN(CC)CCCNS(=O)(=O)c1cn(C)nc1-c1cccs1. The molecule has 8 heteroatoms. The van der Waals surface area contributed by atoms with E-state index in [4.69, 9.17) is 0 Å². The molecule has 2 heterocycles. The van der Waals surface area contributed by atoms with Crippen LogP contribution in [0.2, 0.25) is 0 Å². The lowest BCUT2D eigenvalue weighted by Crippen LogP contribution is -2.30. The molecule has 0 aliphatic heterocycles. The molecule has 0 aliphatic rings. The molecule has 0 amide bonds. The zero-order valence-corrected chi connectivity index (χ0v) is 15.5. The Morgan fingerprint density at radius 1 is 1.35 bits per heavy atom. The topological polar surface area (TPSA) is 67.2 Å². The molecule has 0 bridgehead atoms. The van der Waals surface area contributed by atoms with Crippen LogP contribution in [0.5, 0.6) is 0 Å². The van der Waals surface area contributed by atoms with Crippen molar-refractivity contribution in [2.75, 3.05) is 26.2 Å². The van der Waals surface area contributed by atoms with Gasteiger partial charge in [0.1, 0.15) is 10.6 Å². The average Bonchev–Trinajstić information content (AvgIpc) is 3.16. The Labute approximate surface area is 142 Å². The van der Waals surface area contributed by atoms with Crippen molar-refractivity contribution in [1.29, 1.82) is 0 Å². The summed E-state index contributed by atoms with van der Waals surface area (Å²) < 4.78 is 29.4. The van der Waals surface area contributed by atoms with Gasteiger partial charge < -0.3 is 4.90 Å². The summed E-state index contributed by atoms with van der Waals surface area (Å²) in [5.41, 5.74) is 0.513. The number of aromatic nitrogens is 2. The molecule has 6 nitrogen and oxygen atoms in total. The molecule has 0 atom stereocenters. The number of rotatable bonds is 9. The molecule has 23 heavy (non-hydrogen) atoms. The number of aryl methyl sites for hydroxylation is 1. The zero-order valence-electron chi connectivity index (χ0n) is 13.8. The number of hydrogen-bond acceptors (Lipinski definition) is 5. The van der Waals surface area contributed by atoms with Crippen LogP contribution in [-0.2, 0) is 17.1 Å². The summed E-state index contributed by atoms with van der Waals surface area (Å²) in [6.07, 6.45) is 2.34. The van der Waals surface area contributed by atoms with Crippen LogP contribution in [0.4, 0.5) is 0 Å². The maximum Gasteiger partial charge on any atom is 0.244 e. The molecule has 0 saturated heterocycles. The second-order valence-corrected chi connectivity index (χ2v) is 7.95. The normalized spacial score (nSPS) is 12.2. The smallest absolute Gasteiger partial charge is 0.244 e. The first-order valence-electron chi connectivity index (χ1n) is 7.77. The van der Waals surface area contributed by atoms with Gasteiger partial charge >= 0.3 is 0 Å². The van der Waals surface area contributed by atoms with E-state index >= 15 is 0 Å². The minimum Gasteiger partial charge on any atom is -0.304 e. The highest BCUT2D eigenvalue weighted by molar-refractivity contribution is 7.89. The van der Waals surface area contributed by atoms with Crippen LogP contribution in [0.25, 0.3) is 10.6 Å². The van der Waals surface area contributed by atoms with E-state index in [0.29, 0.717) is 12.2 Å². The van der Waals surface area contributed by atoms with Crippen molar-refractivity contribution in [3.05, 3.63) is 23.7 Å². The molecule has 2 aromatic heterocycles. The molecule has 0 saturated carbocycles. The van der Waals surface area contributed by atoms with Gasteiger partial charge in [0.25, 0.3) is 0 Å². The Hall–Kier alpha value is -1.22. The Morgan fingerprint density at radius 3 is 2.70 bits per heavy atom. The summed E-state index contributed by atoms with van der Waals surface area (Å²) >= 11 is 1.48. The molecule has 2 aromatic rings. The summed E-state index contributed by atoms with van der Waals surface area (Å²) in [5.74, 6) is 0. The number of sulfonamides is 1. The van der Waals surface area contributed by atoms with E-state index in [2.05, 4.69) is 28.6 Å². The first-order chi connectivity index (χ1) is 11.0. The summed E-state index contributed by atoms with van der Waals surface area (Å²) in [6, 6.07) is 3.77. The maximum atomic E-state index is 12.6. The molecule has 2 rings (SSSR count). The monoisotopic (exact) mass is 356 g/mol. The Kier molecular flexibility index (Phi) is 6.34. The third kappa shape index (κ3) is 4.63. The van der Waals surface area contributed by atoms with Crippen molar-refractivity contribution >= 4 is 21.4 Å². The van der Waals surface area contributed by atoms with Crippen molar-refractivity contribution in [2.45, 2.75) is 25.2 Å². The Bertz CT molecular complexity index is 704. The van der Waals surface area contributed by atoms with Crippen LogP contribution in [0.15, 0.2) is 28.6 Å². The van der Waals surface area contributed by atoms with Crippen molar-refractivity contribution in [3.63, 3.8) is 0 Å². The van der Waals surface area contributed by atoms with Gasteiger partial charge in [-0.1, -0.05) is 19.9 Å². The van der Waals surface area contributed by atoms with Crippen LogP contribution >= 0.6 is 11.3 Å². The van der Waals surface area contributed by atoms with Crippen molar-refractivity contribution in [2.24, 2.45) is 7.05 Å². The largest absolute Gasteiger partial charge is 0.304 e. The van der Waals surface area contributed by atoms with Crippen LogP contribution < -0.4 is 4.72 Å². The molecule has 0 fully saturated rings. The van der Waals surface area contributed by atoms with Crippen LogP contribution in [0.3, 0.4) is 0 Å². The highest BCUT2D eigenvalue weighted by Gasteiger charge is 2.23. The minimum absolute atomic E-state index is 0.241. The van der Waals surface area contributed by atoms with Crippen molar-refractivity contribution < 1.29 is 8.42 Å². The highest BCUT2D eigenvalue weighted by atomic mass is 32.2. The molecule has 0 aliphatic carbocycles. The molecule has 0 aromatic carbocycles. The summed E-state index contributed by atoms with van der Waals surface area (Å²) in [6.45, 7) is 7.49. The second kappa shape index (κ2) is 8.05. The number of hydrogen-bond donors (Lipinski definition) is 1. The van der Waals surface area contributed by atoms with E-state index in [1.165, 1.54) is 11.3 Å². The molecule has 0 radical (unpaired) electrons. The molecule has 0 unspecified atom stereocenters. The fourth-order valence-corrected chi connectivity index (χ4v) is 4.43. The third-order valence-electron chi connectivity index (χ3n) is 3.68. The van der Waals surface area contributed by atoms with E-state index in [0.717, 1.165) is 30.9 Å². The lowest BCUT2D eigenvalue weighted by molar-refractivity contribution is 0.300. The lowest BCUT2D eigenvalue weighted by Gasteiger charge is -2.17. The van der Waals surface area contributed by atoms with E-state index in [-0.39, 0.29) is 4.90 Å². The van der Waals surface area contributed by atoms with Gasteiger partial charge in [0.15, 0.2) is 0 Å². The quantitative estimate of drug-likeness (QED) is 0.699. The van der Waals surface area contributed by atoms with Gasteiger partial charge in [-0.05, 0) is 37.5 Å². The molecule has 1 N–H and O–H groups in total. The van der Waals surface area contributed by atoms with Gasteiger partial charge in [-0.15, -0.1) is 11.3 Å². The second-order valence-electron chi connectivity index (χ2n) is 5.27. The fraction of sp³-hybridized carbons (Fsp3) is 0.533. The maximum absolute atomic E-state index is 12.6. The fourth-order valence-electron chi connectivity index (χ4n) is 2.37. The van der Waals surface area contributed by atoms with E-state index in [9.17, 15) is 8.42 Å². The van der Waals surface area contributed by atoms with Gasteiger partial charge in [0.2, 0.25) is 10.0 Å². The van der Waals surface area contributed by atoms with Crippen molar-refractivity contribution in [3.8, 4) is 10.6 Å². The van der Waals surface area contributed by atoms with E-state index in [1.54, 1.807) is 17.9 Å². The van der Waals surface area contributed by atoms with Gasteiger partial charge in [0.05, 0.1) is 4.88 Å². The summed E-state index contributed by atoms with van der Waals surface area (Å²) in [5, 5.41) is 6.22. The zero-order chi connectivity index (χ0) is 16.9. The van der Waals surface area contributed by atoms with Crippen molar-refractivity contribution in [1.82, 2.24) is 19.4 Å². The van der Waals surface area contributed by atoms with E-state index in [1.807, 2.05) is 17.5 Å². The molecule has 128 valence electrons. The van der Waals surface area contributed by atoms with Gasteiger partial charge in [-0.25, -0.2) is 13.1 Å². The Morgan fingerprint density at radius 2 is 2.09 bits per heavy atom. The molecular weight excluding hydrogens is 332 g/mol. The van der Waals surface area contributed by atoms with Gasteiger partial charge in [-0.2, -0.15) is 5.10 Å². The molecule has 0 spiro atoms. The van der Waals surface area contributed by atoms with Gasteiger partial charge in [-0.3, -0.25) is 4.68 Å². The standard InChI is InChI=1S/C15H24N4O2S2/c1-4-19(5-2)10-7-9-16-23(20,21)14-12-18(3)17-15(14)13-8-6-11-22-13/h6,8,11-12,16H,4-5,7,9-10H2,1-3H3. The van der Waals surface area contributed by atoms with Crippen LogP contribution in [0, 0.1) is 0 Å². The van der Waals surface area contributed by atoms with Crippen LogP contribution in [-0.4, -0.2) is 49.3 Å². The van der Waals surface area contributed by atoms with Crippen LogP contribution in [0.1, 0.15) is 20.3 Å². The summed E-state index contributed by atoms with van der Waals surface area (Å²) in [7, 11) is -1.82. The first kappa shape index (κ1) is 18.1. The summed E-state index contributed by atoms with van der Waals surface area (Å²) in [4.78, 5) is 3.37. The van der Waals surface area contributed by atoms with E-state index < -0.39 is 10.0 Å². The predicted octanol–water partition coefficient (Wildman–Crippen LogP) is 2.16. The molecular formula is C15H24N4O2S2. The first-order valence-corrected chi connectivity index (χ1v) is 10.1. The third-order valence-corrected chi connectivity index (χ3v) is 6.02. The highest BCUT2D eigenvalue weighted by Crippen LogP contribution is 2.29. The predicted molar refractivity (Wildman–Crippen MR) is 94.1 cm³/mol. The average molecular weight is 357 g/mol. The number of thiophene rings is 1. The number of nitrogens with zero attached hydrogens (tertiary/aromatic N) is 3. The Balaban J connectivity index is 2.06.